The summed E-state index contributed by atoms with van der Waals surface area (Å²) in [6.07, 6.45) is 8.11. The Kier molecular flexibility index (Phi) is 9.12. The Morgan fingerprint density at radius 1 is 1.11 bits per heavy atom. The van der Waals surface area contributed by atoms with E-state index in [1.807, 2.05) is 6.07 Å². The Hall–Kier alpha value is -2.32. The number of methoxy groups -OCH3 is 1. The highest BCUT2D eigenvalue weighted by Gasteiger charge is 2.31. The Bertz CT molecular complexity index is 900. The number of urea groups is 1. The third-order valence-electron chi connectivity index (χ3n) is 7.96. The number of nitrogens with zero attached hydrogens (tertiary/aromatic N) is 2. The van der Waals surface area contributed by atoms with Crippen LogP contribution in [0.5, 0.6) is 5.75 Å². The van der Waals surface area contributed by atoms with Crippen LogP contribution in [-0.2, 0) is 4.74 Å². The van der Waals surface area contributed by atoms with Gasteiger partial charge in [0, 0.05) is 51.6 Å². The smallest absolute Gasteiger partial charge is 0.319 e. The van der Waals surface area contributed by atoms with Crippen LogP contribution in [-0.4, -0.2) is 80.3 Å². The Balaban J connectivity index is 1.53. The maximum Gasteiger partial charge on any atom is 0.319 e. The zero-order valence-corrected chi connectivity index (χ0v) is 22.4. The van der Waals surface area contributed by atoms with Gasteiger partial charge in [0.2, 0.25) is 0 Å². The molecule has 1 heterocycles. The molecular weight excluding hydrogens is 456 g/mol. The van der Waals surface area contributed by atoms with E-state index in [-0.39, 0.29) is 36.0 Å². The van der Waals surface area contributed by atoms with Gasteiger partial charge in [0.1, 0.15) is 12.4 Å². The minimum absolute atomic E-state index is 0.0702. The molecule has 0 aromatic heterocycles. The van der Waals surface area contributed by atoms with E-state index in [4.69, 9.17) is 9.47 Å². The van der Waals surface area contributed by atoms with Crippen LogP contribution in [0.15, 0.2) is 18.2 Å². The molecular formula is C28H44N4O4. The van der Waals surface area contributed by atoms with Crippen molar-refractivity contribution in [1.82, 2.24) is 15.1 Å². The van der Waals surface area contributed by atoms with Crippen molar-refractivity contribution in [2.24, 2.45) is 11.8 Å². The predicted molar refractivity (Wildman–Crippen MR) is 142 cm³/mol. The second kappa shape index (κ2) is 12.3. The Labute approximate surface area is 216 Å². The highest BCUT2D eigenvalue weighted by molar-refractivity contribution is 5.99. The van der Waals surface area contributed by atoms with E-state index in [0.717, 1.165) is 44.7 Å². The van der Waals surface area contributed by atoms with Crippen LogP contribution in [0.2, 0.25) is 0 Å². The standard InChI is InChI=1S/C28H44N4O4/c1-19-15-32(16-21-10-11-21)20(2)18-36-25-13-12-23(30-28(34)29-22-8-6-5-7-9-22)14-24(25)27(33)31(3)17-26(19)35-4/h12-14,19-22,26H,5-11,15-18H2,1-4H3,(H2,29,30,34)/t19-,20+,26-/m1/s1. The number of rotatable bonds is 5. The Morgan fingerprint density at radius 2 is 1.86 bits per heavy atom. The van der Waals surface area contributed by atoms with E-state index in [1.165, 1.54) is 19.3 Å². The van der Waals surface area contributed by atoms with Crippen LogP contribution < -0.4 is 15.4 Å². The summed E-state index contributed by atoms with van der Waals surface area (Å²) in [5, 5.41) is 6.00. The molecule has 36 heavy (non-hydrogen) atoms. The minimum atomic E-state index is -0.227. The first kappa shape index (κ1) is 26.7. The monoisotopic (exact) mass is 500 g/mol. The van der Waals surface area contributed by atoms with Crippen LogP contribution >= 0.6 is 0 Å². The minimum Gasteiger partial charge on any atom is -0.491 e. The average molecular weight is 501 g/mol. The van der Waals surface area contributed by atoms with Gasteiger partial charge in [-0.1, -0.05) is 26.2 Å². The van der Waals surface area contributed by atoms with Gasteiger partial charge in [0.05, 0.1) is 11.7 Å². The van der Waals surface area contributed by atoms with Gasteiger partial charge in [-0.3, -0.25) is 9.69 Å². The van der Waals surface area contributed by atoms with Gasteiger partial charge in [0.25, 0.3) is 5.91 Å². The lowest BCUT2D eigenvalue weighted by atomic mass is 9.96. The molecule has 2 saturated carbocycles. The van der Waals surface area contributed by atoms with Crippen molar-refractivity contribution < 1.29 is 19.1 Å². The molecule has 0 bridgehead atoms. The van der Waals surface area contributed by atoms with E-state index < -0.39 is 0 Å². The summed E-state index contributed by atoms with van der Waals surface area (Å²) >= 11 is 0. The first-order chi connectivity index (χ1) is 17.3. The zero-order chi connectivity index (χ0) is 25.7. The van der Waals surface area contributed by atoms with E-state index in [9.17, 15) is 9.59 Å². The third kappa shape index (κ3) is 7.13. The normalized spacial score (nSPS) is 26.8. The van der Waals surface area contributed by atoms with E-state index in [0.29, 0.717) is 30.2 Å². The molecule has 0 spiro atoms. The van der Waals surface area contributed by atoms with E-state index in [2.05, 4.69) is 29.4 Å². The number of anilines is 1. The Morgan fingerprint density at radius 3 is 2.56 bits per heavy atom. The molecule has 1 aromatic carbocycles. The van der Waals surface area contributed by atoms with Gasteiger partial charge in [-0.2, -0.15) is 0 Å². The maximum absolute atomic E-state index is 13.5. The first-order valence-corrected chi connectivity index (χ1v) is 13.7. The van der Waals surface area contributed by atoms with Gasteiger partial charge < -0.3 is 25.0 Å². The number of likely N-dealkylation sites (N-methyl/N-ethyl adjacent to an activating group) is 1. The fraction of sp³-hybridized carbons (Fsp3) is 0.714. The molecule has 8 heteroatoms. The fourth-order valence-electron chi connectivity index (χ4n) is 5.42. The summed E-state index contributed by atoms with van der Waals surface area (Å²) in [7, 11) is 3.53. The van der Waals surface area contributed by atoms with Crippen LogP contribution in [0.1, 0.15) is 69.2 Å². The SMILES string of the molecule is CO[C@@H]1CN(C)C(=O)c2cc(NC(=O)NC3CCCCC3)ccc2OC[C@H](C)N(CC2CC2)C[C@H]1C. The number of nitrogens with one attached hydrogen (secondary N) is 2. The van der Waals surface area contributed by atoms with Crippen molar-refractivity contribution in [3.05, 3.63) is 23.8 Å². The van der Waals surface area contributed by atoms with Crippen LogP contribution in [0, 0.1) is 11.8 Å². The van der Waals surface area contributed by atoms with Crippen molar-refractivity contribution in [2.45, 2.75) is 77.0 Å². The van der Waals surface area contributed by atoms with Crippen LogP contribution in [0.4, 0.5) is 10.5 Å². The number of carbonyl (C=O) groups is 2. The average Bonchev–Trinajstić information content (AvgIpc) is 3.69. The molecule has 0 unspecified atom stereocenters. The molecule has 8 nitrogen and oxygen atoms in total. The van der Waals surface area contributed by atoms with Gasteiger partial charge in [-0.05, 0) is 62.6 Å². The number of benzene rings is 1. The highest BCUT2D eigenvalue weighted by atomic mass is 16.5. The summed E-state index contributed by atoms with van der Waals surface area (Å²) in [4.78, 5) is 30.4. The van der Waals surface area contributed by atoms with Crippen LogP contribution in [0.25, 0.3) is 0 Å². The molecule has 3 atom stereocenters. The second-order valence-electron chi connectivity index (χ2n) is 11.1. The number of carbonyl (C=O) groups excluding carboxylic acids is 2. The van der Waals surface area contributed by atoms with Gasteiger partial charge in [0.15, 0.2) is 0 Å². The summed E-state index contributed by atoms with van der Waals surface area (Å²) in [6, 6.07) is 5.55. The molecule has 0 radical (unpaired) electrons. The number of fused-ring (bicyclic) bond motifs is 1. The lowest BCUT2D eigenvalue weighted by Crippen LogP contribution is -2.47. The molecule has 2 aliphatic carbocycles. The fourth-order valence-corrected chi connectivity index (χ4v) is 5.42. The van der Waals surface area contributed by atoms with E-state index >= 15 is 0 Å². The molecule has 2 N–H and O–H groups in total. The molecule has 3 amide bonds. The molecule has 4 rings (SSSR count). The van der Waals surface area contributed by atoms with Crippen molar-refractivity contribution in [1.29, 1.82) is 0 Å². The lowest BCUT2D eigenvalue weighted by Gasteiger charge is -2.36. The molecule has 1 aromatic rings. The quantitative estimate of drug-likeness (QED) is 0.628. The molecule has 0 saturated heterocycles. The molecule has 3 aliphatic rings. The summed E-state index contributed by atoms with van der Waals surface area (Å²) in [5.41, 5.74) is 1.04. The van der Waals surface area contributed by atoms with Crippen molar-refractivity contribution in [3.8, 4) is 5.75 Å². The highest BCUT2D eigenvalue weighted by Crippen LogP contribution is 2.32. The van der Waals surface area contributed by atoms with Crippen molar-refractivity contribution in [3.63, 3.8) is 0 Å². The number of hydrogen-bond donors (Lipinski definition) is 2. The van der Waals surface area contributed by atoms with Crippen molar-refractivity contribution in [2.75, 3.05) is 45.7 Å². The van der Waals surface area contributed by atoms with Crippen molar-refractivity contribution >= 4 is 17.6 Å². The topological polar surface area (TPSA) is 83.1 Å². The zero-order valence-electron chi connectivity index (χ0n) is 22.4. The first-order valence-electron chi connectivity index (χ1n) is 13.7. The summed E-state index contributed by atoms with van der Waals surface area (Å²) in [6.45, 7) is 7.37. The number of amides is 3. The van der Waals surface area contributed by atoms with Gasteiger partial charge in [-0.25, -0.2) is 4.79 Å². The molecule has 200 valence electrons. The predicted octanol–water partition coefficient (Wildman–Crippen LogP) is 4.36. The third-order valence-corrected chi connectivity index (χ3v) is 7.96. The van der Waals surface area contributed by atoms with E-state index in [1.54, 1.807) is 31.2 Å². The van der Waals surface area contributed by atoms with Crippen LogP contribution in [0.3, 0.4) is 0 Å². The number of ether oxygens (including phenoxy) is 2. The summed E-state index contributed by atoms with van der Waals surface area (Å²) < 4.78 is 12.1. The van der Waals surface area contributed by atoms with Gasteiger partial charge >= 0.3 is 6.03 Å². The summed E-state index contributed by atoms with van der Waals surface area (Å²) in [5.74, 6) is 1.45. The second-order valence-corrected chi connectivity index (χ2v) is 11.1. The lowest BCUT2D eigenvalue weighted by molar-refractivity contribution is 0.00994. The largest absolute Gasteiger partial charge is 0.491 e. The van der Waals surface area contributed by atoms with Gasteiger partial charge in [-0.15, -0.1) is 0 Å². The number of hydrogen-bond acceptors (Lipinski definition) is 5. The molecule has 1 aliphatic heterocycles. The maximum atomic E-state index is 13.5. The molecule has 2 fully saturated rings.